The molecule has 0 fully saturated rings. The van der Waals surface area contributed by atoms with Gasteiger partial charge in [-0.3, -0.25) is 5.32 Å². The Bertz CT molecular complexity index is 465. The number of hydrogen-bond donors (Lipinski definition) is 1. The van der Waals surface area contributed by atoms with Crippen molar-refractivity contribution in [3.8, 4) is 0 Å². The summed E-state index contributed by atoms with van der Waals surface area (Å²) in [5.74, 6) is -0.788. The van der Waals surface area contributed by atoms with E-state index in [0.717, 1.165) is 7.11 Å². The number of carbonyl (C=O) groups excluding carboxylic acids is 1. The van der Waals surface area contributed by atoms with Crippen molar-refractivity contribution in [2.24, 2.45) is 0 Å². The maximum atomic E-state index is 12.3. The third-order valence-electron chi connectivity index (χ3n) is 2.65. The molecule has 1 aromatic rings. The third kappa shape index (κ3) is 3.94. The lowest BCUT2D eigenvalue weighted by atomic mass is 9.92. The smallest absolute Gasteiger partial charge is 0.401 e. The second-order valence-electron chi connectivity index (χ2n) is 4.07. The van der Waals surface area contributed by atoms with Gasteiger partial charge in [0.25, 0.3) is 0 Å². The van der Waals surface area contributed by atoms with E-state index in [1.54, 1.807) is 24.3 Å². The number of benzene rings is 1. The van der Waals surface area contributed by atoms with Crippen molar-refractivity contribution >= 4 is 21.9 Å². The zero-order valence-corrected chi connectivity index (χ0v) is 11.9. The van der Waals surface area contributed by atoms with Gasteiger partial charge in [-0.05, 0) is 18.6 Å². The molecule has 0 aliphatic rings. The van der Waals surface area contributed by atoms with E-state index in [4.69, 9.17) is 0 Å². The molecular formula is C12H13BrF3NO2. The summed E-state index contributed by atoms with van der Waals surface area (Å²) in [5, 5.41) is 2.21. The van der Waals surface area contributed by atoms with Gasteiger partial charge in [-0.25, -0.2) is 4.79 Å². The zero-order valence-electron chi connectivity index (χ0n) is 10.3. The Morgan fingerprint density at radius 2 is 1.95 bits per heavy atom. The number of nitrogens with one attached hydrogen (secondary N) is 1. The Labute approximate surface area is 117 Å². The van der Waals surface area contributed by atoms with Crippen LogP contribution in [0, 0.1) is 0 Å². The number of methoxy groups -OCH3 is 1. The van der Waals surface area contributed by atoms with Crippen LogP contribution < -0.4 is 5.32 Å². The average Bonchev–Trinajstić information content (AvgIpc) is 2.34. The molecule has 0 saturated heterocycles. The van der Waals surface area contributed by atoms with E-state index in [1.165, 1.54) is 6.92 Å². The highest BCUT2D eigenvalue weighted by molar-refractivity contribution is 9.10. The molecule has 0 radical (unpaired) electrons. The van der Waals surface area contributed by atoms with E-state index in [-0.39, 0.29) is 0 Å². The van der Waals surface area contributed by atoms with Crippen molar-refractivity contribution in [2.75, 3.05) is 13.7 Å². The minimum atomic E-state index is -4.42. The predicted octanol–water partition coefficient (Wildman–Crippen LogP) is 2.99. The van der Waals surface area contributed by atoms with Gasteiger partial charge in [-0.1, -0.05) is 34.1 Å². The standard InChI is InChI=1S/C12H13BrF3NO2/c1-11(10(18)19-2,17-7-12(14,15)16)8-5-3-4-6-9(8)13/h3-6,17H,7H2,1-2H3. The highest BCUT2D eigenvalue weighted by Gasteiger charge is 2.41. The Morgan fingerprint density at radius 1 is 1.37 bits per heavy atom. The maximum absolute atomic E-state index is 12.3. The van der Waals surface area contributed by atoms with Gasteiger partial charge in [-0.15, -0.1) is 0 Å². The highest BCUT2D eigenvalue weighted by atomic mass is 79.9. The first-order valence-corrected chi connectivity index (χ1v) is 6.15. The van der Waals surface area contributed by atoms with Crippen LogP contribution >= 0.6 is 15.9 Å². The van der Waals surface area contributed by atoms with Crippen LogP contribution in [0.25, 0.3) is 0 Å². The Balaban J connectivity index is 3.14. The summed E-state index contributed by atoms with van der Waals surface area (Å²) in [6.45, 7) is 0.0601. The van der Waals surface area contributed by atoms with Crippen molar-refractivity contribution in [3.63, 3.8) is 0 Å². The van der Waals surface area contributed by atoms with Crippen LogP contribution in [0.4, 0.5) is 13.2 Å². The van der Waals surface area contributed by atoms with Gasteiger partial charge in [-0.2, -0.15) is 13.2 Å². The van der Waals surface area contributed by atoms with Crippen LogP contribution in [-0.2, 0) is 15.1 Å². The van der Waals surface area contributed by atoms with Gasteiger partial charge < -0.3 is 4.74 Å². The van der Waals surface area contributed by atoms with E-state index in [9.17, 15) is 18.0 Å². The molecule has 19 heavy (non-hydrogen) atoms. The molecule has 0 amide bonds. The van der Waals surface area contributed by atoms with Crippen molar-refractivity contribution in [1.82, 2.24) is 5.32 Å². The molecular weight excluding hydrogens is 327 g/mol. The van der Waals surface area contributed by atoms with E-state index < -0.39 is 24.2 Å². The number of halogens is 4. The molecule has 1 N–H and O–H groups in total. The van der Waals surface area contributed by atoms with Crippen LogP contribution in [0.3, 0.4) is 0 Å². The summed E-state index contributed by atoms with van der Waals surface area (Å²) in [5.41, 5.74) is -1.20. The van der Waals surface area contributed by atoms with Crippen molar-refractivity contribution in [1.29, 1.82) is 0 Å². The SMILES string of the molecule is COC(=O)C(C)(NCC(F)(F)F)c1ccccc1Br. The second kappa shape index (κ2) is 5.92. The summed E-state index contributed by atoms with van der Waals surface area (Å²) in [4.78, 5) is 11.8. The molecule has 3 nitrogen and oxygen atoms in total. The molecule has 0 aromatic heterocycles. The molecule has 7 heteroatoms. The summed E-state index contributed by atoms with van der Waals surface area (Å²) in [6.07, 6.45) is -4.42. The molecule has 1 rings (SSSR count). The average molecular weight is 340 g/mol. The van der Waals surface area contributed by atoms with E-state index >= 15 is 0 Å². The van der Waals surface area contributed by atoms with Gasteiger partial charge in [0.2, 0.25) is 0 Å². The van der Waals surface area contributed by atoms with E-state index in [0.29, 0.717) is 10.0 Å². The van der Waals surface area contributed by atoms with Crippen LogP contribution in [0.5, 0.6) is 0 Å². The van der Waals surface area contributed by atoms with Crippen molar-refractivity contribution < 1.29 is 22.7 Å². The summed E-state index contributed by atoms with van der Waals surface area (Å²) >= 11 is 3.22. The fourth-order valence-corrected chi connectivity index (χ4v) is 2.31. The number of alkyl halides is 3. The third-order valence-corrected chi connectivity index (χ3v) is 3.34. The van der Waals surface area contributed by atoms with Crippen LogP contribution in [0.15, 0.2) is 28.7 Å². The van der Waals surface area contributed by atoms with Gasteiger partial charge >= 0.3 is 12.1 Å². The summed E-state index contributed by atoms with van der Waals surface area (Å²) in [6, 6.07) is 6.54. The summed E-state index contributed by atoms with van der Waals surface area (Å²) < 4.78 is 42.2. The minimum Gasteiger partial charge on any atom is -0.467 e. The van der Waals surface area contributed by atoms with Crippen LogP contribution in [0.2, 0.25) is 0 Å². The first kappa shape index (κ1) is 16.0. The quantitative estimate of drug-likeness (QED) is 0.857. The van der Waals surface area contributed by atoms with Crippen LogP contribution in [0.1, 0.15) is 12.5 Å². The fourth-order valence-electron chi connectivity index (χ4n) is 1.63. The van der Waals surface area contributed by atoms with Crippen molar-refractivity contribution in [3.05, 3.63) is 34.3 Å². The number of rotatable bonds is 4. The number of carbonyl (C=O) groups is 1. The minimum absolute atomic E-state index is 0.381. The highest BCUT2D eigenvalue weighted by Crippen LogP contribution is 2.30. The molecule has 0 heterocycles. The molecule has 0 bridgehead atoms. The Kier molecular flexibility index (Phi) is 4.98. The topological polar surface area (TPSA) is 38.3 Å². The van der Waals surface area contributed by atoms with E-state index in [2.05, 4.69) is 26.0 Å². The molecule has 0 aliphatic carbocycles. The molecule has 1 atom stereocenters. The summed E-state index contributed by atoms with van der Waals surface area (Å²) in [7, 11) is 1.13. The number of esters is 1. The molecule has 106 valence electrons. The Morgan fingerprint density at radius 3 is 2.42 bits per heavy atom. The van der Waals surface area contributed by atoms with Gasteiger partial charge in [0.15, 0.2) is 0 Å². The number of hydrogen-bond acceptors (Lipinski definition) is 3. The largest absolute Gasteiger partial charge is 0.467 e. The molecule has 1 aromatic carbocycles. The molecule has 0 aliphatic heterocycles. The first-order valence-electron chi connectivity index (χ1n) is 5.36. The van der Waals surface area contributed by atoms with Gasteiger partial charge in [0.05, 0.1) is 13.7 Å². The predicted molar refractivity (Wildman–Crippen MR) is 67.6 cm³/mol. The van der Waals surface area contributed by atoms with Crippen molar-refractivity contribution in [2.45, 2.75) is 18.6 Å². The van der Waals surface area contributed by atoms with E-state index in [1.807, 2.05) is 0 Å². The lowest BCUT2D eigenvalue weighted by Gasteiger charge is -2.30. The first-order chi connectivity index (χ1) is 8.70. The monoisotopic (exact) mass is 339 g/mol. The normalized spacial score (nSPS) is 14.8. The Hall–Kier alpha value is -1.08. The van der Waals surface area contributed by atoms with Gasteiger partial charge in [0.1, 0.15) is 5.54 Å². The lowest BCUT2D eigenvalue weighted by molar-refractivity contribution is -0.153. The fraction of sp³-hybridized carbons (Fsp3) is 0.417. The lowest BCUT2D eigenvalue weighted by Crippen LogP contribution is -2.50. The van der Waals surface area contributed by atoms with Gasteiger partial charge in [0, 0.05) is 4.47 Å². The number of ether oxygens (including phenoxy) is 1. The molecule has 0 spiro atoms. The van der Waals surface area contributed by atoms with Crippen LogP contribution in [-0.4, -0.2) is 25.8 Å². The zero-order chi connectivity index (χ0) is 14.7. The maximum Gasteiger partial charge on any atom is 0.401 e. The second-order valence-corrected chi connectivity index (χ2v) is 4.92. The molecule has 0 saturated carbocycles. The molecule has 1 unspecified atom stereocenters.